The Balaban J connectivity index is 1.77. The van der Waals surface area contributed by atoms with E-state index < -0.39 is 0 Å². The summed E-state index contributed by atoms with van der Waals surface area (Å²) in [5, 5.41) is 2.60. The molecule has 0 radical (unpaired) electrons. The van der Waals surface area contributed by atoms with Gasteiger partial charge >= 0.3 is 0 Å². The van der Waals surface area contributed by atoms with Crippen LogP contribution in [0.25, 0.3) is 10.8 Å². The molecule has 0 aliphatic heterocycles. The third-order valence-corrected chi connectivity index (χ3v) is 4.92. The molecule has 2 nitrogen and oxygen atoms in total. The fourth-order valence-electron chi connectivity index (χ4n) is 3.66. The lowest BCUT2D eigenvalue weighted by Crippen LogP contribution is -2.29. The van der Waals surface area contributed by atoms with Crippen LogP contribution in [0.5, 0.6) is 0 Å². The summed E-state index contributed by atoms with van der Waals surface area (Å²) in [6, 6.07) is 15.5. The zero-order chi connectivity index (χ0) is 14.5. The summed E-state index contributed by atoms with van der Waals surface area (Å²) in [4.78, 5) is 0. The maximum absolute atomic E-state index is 5.86. The summed E-state index contributed by atoms with van der Waals surface area (Å²) in [5.74, 6) is 6.67. The van der Waals surface area contributed by atoms with Crippen LogP contribution in [0.3, 0.4) is 0 Å². The summed E-state index contributed by atoms with van der Waals surface area (Å²) in [7, 11) is 0. The Bertz CT molecular complexity index is 571. The third kappa shape index (κ3) is 3.63. The highest BCUT2D eigenvalue weighted by Gasteiger charge is 2.18. The van der Waals surface area contributed by atoms with Crippen molar-refractivity contribution in [2.75, 3.05) is 0 Å². The van der Waals surface area contributed by atoms with Gasteiger partial charge in [-0.1, -0.05) is 74.9 Å². The molecule has 0 aromatic heterocycles. The van der Waals surface area contributed by atoms with Crippen LogP contribution in [0.15, 0.2) is 42.5 Å². The van der Waals surface area contributed by atoms with Crippen molar-refractivity contribution in [3.05, 3.63) is 48.0 Å². The van der Waals surface area contributed by atoms with Crippen molar-refractivity contribution in [1.82, 2.24) is 5.43 Å². The number of fused-ring (bicyclic) bond motifs is 1. The number of nitrogens with one attached hydrogen (secondary N) is 1. The van der Waals surface area contributed by atoms with Gasteiger partial charge in [-0.25, -0.2) is 0 Å². The van der Waals surface area contributed by atoms with E-state index in [4.69, 9.17) is 5.84 Å². The van der Waals surface area contributed by atoms with Crippen LogP contribution in [-0.4, -0.2) is 0 Å². The van der Waals surface area contributed by atoms with Gasteiger partial charge in [0.05, 0.1) is 0 Å². The minimum atomic E-state index is 0.276. The molecule has 1 aliphatic rings. The number of benzene rings is 2. The van der Waals surface area contributed by atoms with Crippen molar-refractivity contribution in [3.8, 4) is 0 Å². The zero-order valence-corrected chi connectivity index (χ0v) is 12.7. The molecule has 21 heavy (non-hydrogen) atoms. The maximum Gasteiger partial charge on any atom is 0.0462 e. The molecule has 2 aromatic rings. The minimum Gasteiger partial charge on any atom is -0.271 e. The van der Waals surface area contributed by atoms with E-state index >= 15 is 0 Å². The number of hydrogen-bond acceptors (Lipinski definition) is 2. The predicted molar refractivity (Wildman–Crippen MR) is 89.8 cm³/mol. The zero-order valence-electron chi connectivity index (χ0n) is 12.7. The minimum absolute atomic E-state index is 0.276. The Labute approximate surface area is 127 Å². The molecule has 2 heteroatoms. The predicted octanol–water partition coefficient (Wildman–Crippen LogP) is 4.70. The van der Waals surface area contributed by atoms with Crippen LogP contribution in [-0.2, 0) is 0 Å². The SMILES string of the molecule is NNC(CC1CCCCCC1)c1ccc2ccccc2c1. The highest BCUT2D eigenvalue weighted by Crippen LogP contribution is 2.31. The highest BCUT2D eigenvalue weighted by atomic mass is 15.2. The lowest BCUT2D eigenvalue weighted by atomic mass is 9.89. The highest BCUT2D eigenvalue weighted by molar-refractivity contribution is 5.83. The average Bonchev–Trinajstić information content (AvgIpc) is 2.81. The first-order valence-electron chi connectivity index (χ1n) is 8.31. The topological polar surface area (TPSA) is 38.0 Å². The normalized spacial score (nSPS) is 18.5. The fourth-order valence-corrected chi connectivity index (χ4v) is 3.66. The molecule has 1 fully saturated rings. The molecule has 2 aromatic carbocycles. The first-order chi connectivity index (χ1) is 10.4. The second kappa shape index (κ2) is 7.06. The molecular formula is C19H26N2. The summed E-state index contributed by atoms with van der Waals surface area (Å²) in [5.41, 5.74) is 4.37. The number of rotatable bonds is 4. The second-order valence-corrected chi connectivity index (χ2v) is 6.42. The Morgan fingerprint density at radius 2 is 1.67 bits per heavy atom. The maximum atomic E-state index is 5.86. The fraction of sp³-hybridized carbons (Fsp3) is 0.474. The van der Waals surface area contributed by atoms with E-state index in [1.54, 1.807) is 0 Å². The molecule has 1 aliphatic carbocycles. The molecule has 0 bridgehead atoms. The molecular weight excluding hydrogens is 256 g/mol. The van der Waals surface area contributed by atoms with Crippen molar-refractivity contribution in [3.63, 3.8) is 0 Å². The molecule has 1 saturated carbocycles. The van der Waals surface area contributed by atoms with Crippen molar-refractivity contribution >= 4 is 10.8 Å². The Morgan fingerprint density at radius 1 is 0.952 bits per heavy atom. The lowest BCUT2D eigenvalue weighted by molar-refractivity contribution is 0.359. The van der Waals surface area contributed by atoms with E-state index in [0.717, 1.165) is 12.3 Å². The van der Waals surface area contributed by atoms with Gasteiger partial charge in [0, 0.05) is 6.04 Å². The molecule has 0 spiro atoms. The van der Waals surface area contributed by atoms with E-state index in [0.29, 0.717) is 0 Å². The van der Waals surface area contributed by atoms with Gasteiger partial charge in [0.15, 0.2) is 0 Å². The Morgan fingerprint density at radius 3 is 2.38 bits per heavy atom. The van der Waals surface area contributed by atoms with Gasteiger partial charge in [-0.05, 0) is 34.7 Å². The number of hydrazine groups is 1. The first-order valence-corrected chi connectivity index (χ1v) is 8.31. The second-order valence-electron chi connectivity index (χ2n) is 6.42. The first kappa shape index (κ1) is 14.6. The molecule has 0 saturated heterocycles. The van der Waals surface area contributed by atoms with E-state index in [9.17, 15) is 0 Å². The van der Waals surface area contributed by atoms with Crippen LogP contribution in [0.1, 0.15) is 56.6 Å². The number of hydrogen-bond donors (Lipinski definition) is 2. The number of nitrogens with two attached hydrogens (primary N) is 1. The molecule has 3 N–H and O–H groups in total. The van der Waals surface area contributed by atoms with E-state index in [1.165, 1.54) is 54.9 Å². The average molecular weight is 282 g/mol. The van der Waals surface area contributed by atoms with Crippen LogP contribution < -0.4 is 11.3 Å². The van der Waals surface area contributed by atoms with Gasteiger partial charge in [0.1, 0.15) is 0 Å². The lowest BCUT2D eigenvalue weighted by Gasteiger charge is -2.22. The largest absolute Gasteiger partial charge is 0.271 e. The van der Waals surface area contributed by atoms with Gasteiger partial charge in [-0.2, -0.15) is 0 Å². The molecule has 0 amide bonds. The van der Waals surface area contributed by atoms with Gasteiger partial charge in [-0.15, -0.1) is 0 Å². The third-order valence-electron chi connectivity index (χ3n) is 4.92. The van der Waals surface area contributed by atoms with Crippen molar-refractivity contribution in [2.45, 2.75) is 51.0 Å². The quantitative estimate of drug-likeness (QED) is 0.484. The van der Waals surface area contributed by atoms with Gasteiger partial charge < -0.3 is 0 Å². The van der Waals surface area contributed by atoms with Crippen LogP contribution in [0, 0.1) is 5.92 Å². The molecule has 1 unspecified atom stereocenters. The summed E-state index contributed by atoms with van der Waals surface area (Å²) >= 11 is 0. The van der Waals surface area contributed by atoms with Crippen molar-refractivity contribution in [2.24, 2.45) is 11.8 Å². The molecule has 1 atom stereocenters. The molecule has 0 heterocycles. The molecule has 112 valence electrons. The molecule has 3 rings (SSSR count). The van der Waals surface area contributed by atoms with Gasteiger partial charge in [0.2, 0.25) is 0 Å². The Hall–Kier alpha value is -1.38. The summed E-state index contributed by atoms with van der Waals surface area (Å²) in [6.45, 7) is 0. The summed E-state index contributed by atoms with van der Waals surface area (Å²) in [6.07, 6.45) is 9.49. The smallest absolute Gasteiger partial charge is 0.0462 e. The Kier molecular flexibility index (Phi) is 4.89. The van der Waals surface area contributed by atoms with Crippen molar-refractivity contribution in [1.29, 1.82) is 0 Å². The van der Waals surface area contributed by atoms with E-state index in [-0.39, 0.29) is 6.04 Å². The van der Waals surface area contributed by atoms with E-state index in [1.807, 2.05) is 0 Å². The van der Waals surface area contributed by atoms with Gasteiger partial charge in [-0.3, -0.25) is 11.3 Å². The van der Waals surface area contributed by atoms with Gasteiger partial charge in [0.25, 0.3) is 0 Å². The van der Waals surface area contributed by atoms with Crippen LogP contribution in [0.2, 0.25) is 0 Å². The van der Waals surface area contributed by atoms with Crippen LogP contribution in [0.4, 0.5) is 0 Å². The summed E-state index contributed by atoms with van der Waals surface area (Å²) < 4.78 is 0. The van der Waals surface area contributed by atoms with Crippen molar-refractivity contribution < 1.29 is 0 Å². The standard InChI is InChI=1S/C19H26N2/c20-21-19(13-15-7-3-1-2-4-8-15)18-12-11-16-9-5-6-10-17(16)14-18/h5-6,9-12,14-15,19,21H,1-4,7-8,13,20H2. The van der Waals surface area contributed by atoms with E-state index in [2.05, 4.69) is 47.9 Å². The monoisotopic (exact) mass is 282 g/mol. The van der Waals surface area contributed by atoms with Crippen LogP contribution >= 0.6 is 0 Å².